The Hall–Kier alpha value is -2.29. The highest BCUT2D eigenvalue weighted by Gasteiger charge is 2.26. The number of fused-ring (bicyclic) bond motifs is 1. The van der Waals surface area contributed by atoms with Gasteiger partial charge in [-0.2, -0.15) is 0 Å². The number of methoxy groups -OCH3 is 2. The number of para-hydroxylation sites is 1. The lowest BCUT2D eigenvalue weighted by molar-refractivity contribution is 0.354. The third-order valence-corrected chi connectivity index (χ3v) is 8.44. The Morgan fingerprint density at radius 3 is 2.16 bits per heavy atom. The van der Waals surface area contributed by atoms with Crippen LogP contribution >= 0.6 is 31.9 Å². The van der Waals surface area contributed by atoms with Crippen molar-refractivity contribution in [3.63, 3.8) is 0 Å². The third kappa shape index (κ3) is 3.88. The molecule has 0 saturated heterocycles. The van der Waals surface area contributed by atoms with Crippen LogP contribution in [-0.2, 0) is 16.4 Å². The average molecular weight is 565 g/mol. The molecule has 1 aromatic heterocycles. The Morgan fingerprint density at radius 2 is 1.48 bits per heavy atom. The van der Waals surface area contributed by atoms with Crippen LogP contribution in [0.1, 0.15) is 11.3 Å². The molecule has 0 aliphatic carbocycles. The predicted octanol–water partition coefficient (Wildman–Crippen LogP) is 6.01. The van der Waals surface area contributed by atoms with E-state index in [1.807, 2.05) is 36.4 Å². The number of benzene rings is 3. The second kappa shape index (κ2) is 8.68. The van der Waals surface area contributed by atoms with Crippen molar-refractivity contribution < 1.29 is 17.9 Å². The fraction of sp³-hybridized carbons (Fsp3) is 0.130. The molecule has 31 heavy (non-hydrogen) atoms. The molecule has 0 bridgehead atoms. The molecule has 160 valence electrons. The maximum Gasteiger partial charge on any atom is 0.268 e. The number of hydrogen-bond donors (Lipinski definition) is 0. The molecule has 0 aliphatic heterocycles. The number of hydrogen-bond acceptors (Lipinski definition) is 4. The van der Waals surface area contributed by atoms with Gasteiger partial charge in [0.05, 0.1) is 30.3 Å². The van der Waals surface area contributed by atoms with Gasteiger partial charge in [-0.05, 0) is 51.8 Å². The molecule has 4 aromatic rings. The van der Waals surface area contributed by atoms with Crippen molar-refractivity contribution in [2.75, 3.05) is 14.2 Å². The number of halogens is 2. The molecule has 0 saturated carbocycles. The van der Waals surface area contributed by atoms with Gasteiger partial charge in [-0.25, -0.2) is 12.4 Å². The van der Waals surface area contributed by atoms with Crippen LogP contribution in [0, 0.1) is 0 Å². The van der Waals surface area contributed by atoms with Crippen LogP contribution in [0.15, 0.2) is 80.6 Å². The maximum absolute atomic E-state index is 13.7. The van der Waals surface area contributed by atoms with Crippen LogP contribution < -0.4 is 9.47 Å². The van der Waals surface area contributed by atoms with Crippen LogP contribution in [0.4, 0.5) is 0 Å². The molecular weight excluding hydrogens is 546 g/mol. The normalized spacial score (nSPS) is 11.6. The smallest absolute Gasteiger partial charge is 0.268 e. The Kier molecular flexibility index (Phi) is 6.14. The summed E-state index contributed by atoms with van der Waals surface area (Å²) in [6.07, 6.45) is 0.349. The Labute approximate surface area is 197 Å². The fourth-order valence-electron chi connectivity index (χ4n) is 3.56. The highest BCUT2D eigenvalue weighted by atomic mass is 79.9. The van der Waals surface area contributed by atoms with E-state index in [2.05, 4.69) is 31.9 Å². The zero-order valence-corrected chi connectivity index (χ0v) is 20.8. The zero-order chi connectivity index (χ0) is 22.2. The largest absolute Gasteiger partial charge is 0.493 e. The number of nitrogens with zero attached hydrogens (tertiary/aromatic N) is 1. The minimum Gasteiger partial charge on any atom is -0.493 e. The Bertz CT molecular complexity index is 1370. The van der Waals surface area contributed by atoms with Crippen LogP contribution in [0.2, 0.25) is 0 Å². The summed E-state index contributed by atoms with van der Waals surface area (Å²) < 4.78 is 41.1. The van der Waals surface area contributed by atoms with Crippen LogP contribution in [0.3, 0.4) is 0 Å². The molecule has 0 amide bonds. The van der Waals surface area contributed by atoms with Crippen molar-refractivity contribution in [1.82, 2.24) is 3.97 Å². The highest BCUT2D eigenvalue weighted by Crippen LogP contribution is 2.39. The van der Waals surface area contributed by atoms with Gasteiger partial charge >= 0.3 is 0 Å². The minimum absolute atomic E-state index is 0.232. The molecule has 1 heterocycles. The van der Waals surface area contributed by atoms with Gasteiger partial charge in [0.1, 0.15) is 0 Å². The summed E-state index contributed by atoms with van der Waals surface area (Å²) >= 11 is 7.24. The van der Waals surface area contributed by atoms with Gasteiger partial charge in [0.2, 0.25) is 0 Å². The minimum atomic E-state index is -3.82. The Balaban J connectivity index is 1.96. The first-order valence-corrected chi connectivity index (χ1v) is 12.4. The van der Waals surface area contributed by atoms with E-state index >= 15 is 0 Å². The number of rotatable bonds is 6. The standard InChI is InChI=1S/C23H19Br2NO4S/c1-29-21-13-15(18(24)14-22(21)30-2)12-20-23(25)17-10-6-7-11-19(17)26(20)31(27,28)16-8-4-3-5-9-16/h3-11,13-14H,12H2,1-2H3. The van der Waals surface area contributed by atoms with E-state index in [0.29, 0.717) is 29.1 Å². The van der Waals surface area contributed by atoms with Crippen molar-refractivity contribution in [2.24, 2.45) is 0 Å². The first-order valence-electron chi connectivity index (χ1n) is 9.37. The monoisotopic (exact) mass is 563 g/mol. The summed E-state index contributed by atoms with van der Waals surface area (Å²) in [4.78, 5) is 0.232. The van der Waals surface area contributed by atoms with Gasteiger partial charge in [0.15, 0.2) is 11.5 Å². The maximum atomic E-state index is 13.7. The molecule has 8 heteroatoms. The van der Waals surface area contributed by atoms with Crippen molar-refractivity contribution >= 4 is 52.8 Å². The molecule has 4 rings (SSSR count). The van der Waals surface area contributed by atoms with E-state index in [4.69, 9.17) is 9.47 Å². The Morgan fingerprint density at radius 1 is 0.871 bits per heavy atom. The van der Waals surface area contributed by atoms with E-state index in [1.54, 1.807) is 44.6 Å². The van der Waals surface area contributed by atoms with Gasteiger partial charge in [-0.3, -0.25) is 0 Å². The molecule has 0 N–H and O–H groups in total. The van der Waals surface area contributed by atoms with E-state index in [0.717, 1.165) is 19.9 Å². The predicted molar refractivity (Wildman–Crippen MR) is 129 cm³/mol. The molecule has 0 unspecified atom stereocenters. The van der Waals surface area contributed by atoms with E-state index < -0.39 is 10.0 Å². The molecule has 5 nitrogen and oxygen atoms in total. The van der Waals surface area contributed by atoms with Crippen molar-refractivity contribution in [3.8, 4) is 11.5 Å². The van der Waals surface area contributed by atoms with Crippen LogP contribution in [-0.4, -0.2) is 26.6 Å². The van der Waals surface area contributed by atoms with Gasteiger partial charge in [0, 0.05) is 20.8 Å². The van der Waals surface area contributed by atoms with Gasteiger partial charge in [0.25, 0.3) is 10.0 Å². The summed E-state index contributed by atoms with van der Waals surface area (Å²) in [6, 6.07) is 19.6. The van der Waals surface area contributed by atoms with Gasteiger partial charge < -0.3 is 9.47 Å². The first-order chi connectivity index (χ1) is 14.9. The number of ether oxygens (including phenoxy) is 2. The van der Waals surface area contributed by atoms with Crippen LogP contribution in [0.5, 0.6) is 11.5 Å². The molecule has 0 spiro atoms. The topological polar surface area (TPSA) is 57.5 Å². The summed E-state index contributed by atoms with van der Waals surface area (Å²) in [7, 11) is -0.675. The summed E-state index contributed by atoms with van der Waals surface area (Å²) in [5.74, 6) is 1.17. The van der Waals surface area contributed by atoms with E-state index in [1.165, 1.54) is 3.97 Å². The molecule has 3 aromatic carbocycles. The number of aromatic nitrogens is 1. The lowest BCUT2D eigenvalue weighted by Gasteiger charge is -2.15. The lowest BCUT2D eigenvalue weighted by Crippen LogP contribution is -2.16. The van der Waals surface area contributed by atoms with Crippen LogP contribution in [0.25, 0.3) is 10.9 Å². The van der Waals surface area contributed by atoms with Gasteiger partial charge in [-0.1, -0.05) is 52.3 Å². The molecule has 0 fully saturated rings. The van der Waals surface area contributed by atoms with Gasteiger partial charge in [-0.15, -0.1) is 0 Å². The highest BCUT2D eigenvalue weighted by molar-refractivity contribution is 9.11. The summed E-state index contributed by atoms with van der Waals surface area (Å²) in [5.41, 5.74) is 2.11. The second-order valence-corrected chi connectivity index (χ2v) is 10.3. The molecule has 0 aliphatic rings. The SMILES string of the molecule is COc1cc(Br)c(Cc2c(Br)c3ccccc3n2S(=O)(=O)c2ccccc2)cc1OC. The quantitative estimate of drug-likeness (QED) is 0.288. The van der Waals surface area contributed by atoms with E-state index in [9.17, 15) is 8.42 Å². The molecular formula is C23H19Br2NO4S. The average Bonchev–Trinajstić information content (AvgIpc) is 3.07. The lowest BCUT2D eigenvalue weighted by atomic mass is 10.1. The zero-order valence-electron chi connectivity index (χ0n) is 16.8. The fourth-order valence-corrected chi connectivity index (χ4v) is 6.37. The second-order valence-electron chi connectivity index (χ2n) is 6.84. The first kappa shape index (κ1) is 21.9. The van der Waals surface area contributed by atoms with Crippen molar-refractivity contribution in [1.29, 1.82) is 0 Å². The van der Waals surface area contributed by atoms with Crippen molar-refractivity contribution in [2.45, 2.75) is 11.3 Å². The summed E-state index contributed by atoms with van der Waals surface area (Å²) in [6.45, 7) is 0. The van der Waals surface area contributed by atoms with E-state index in [-0.39, 0.29) is 4.90 Å². The third-order valence-electron chi connectivity index (χ3n) is 5.05. The molecule has 0 atom stereocenters. The van der Waals surface area contributed by atoms with Crippen molar-refractivity contribution in [3.05, 3.63) is 86.9 Å². The summed E-state index contributed by atoms with van der Waals surface area (Å²) in [5, 5.41) is 0.827. The molecule has 0 radical (unpaired) electrons.